The summed E-state index contributed by atoms with van der Waals surface area (Å²) in [6.07, 6.45) is 1.90. The minimum atomic E-state index is -0.0462. The minimum absolute atomic E-state index is 0.0462. The highest BCUT2D eigenvalue weighted by Gasteiger charge is 2.30. The molecule has 1 unspecified atom stereocenters. The normalized spacial score (nSPS) is 19.6. The lowest BCUT2D eigenvalue weighted by Gasteiger charge is -2.24. The van der Waals surface area contributed by atoms with Gasteiger partial charge in [-0.05, 0) is 25.0 Å². The number of nitrogens with zero attached hydrogens (tertiary/aromatic N) is 1. The molecule has 0 saturated carbocycles. The van der Waals surface area contributed by atoms with Gasteiger partial charge in [0, 0.05) is 6.54 Å². The van der Waals surface area contributed by atoms with Gasteiger partial charge in [0.15, 0.2) is 0 Å². The van der Waals surface area contributed by atoms with Crippen molar-refractivity contribution in [3.05, 3.63) is 34.9 Å². The predicted molar refractivity (Wildman–Crippen MR) is 65.6 cm³/mol. The maximum absolute atomic E-state index is 12.3. The van der Waals surface area contributed by atoms with E-state index >= 15 is 0 Å². The molecule has 5 heteroatoms. The fourth-order valence-corrected chi connectivity index (χ4v) is 2.39. The van der Waals surface area contributed by atoms with Crippen molar-refractivity contribution in [1.29, 1.82) is 0 Å². The Morgan fingerprint density at radius 3 is 3.00 bits per heavy atom. The van der Waals surface area contributed by atoms with E-state index in [0.717, 1.165) is 19.4 Å². The van der Waals surface area contributed by atoms with E-state index in [1.165, 1.54) is 0 Å². The Kier molecular flexibility index (Phi) is 3.99. The van der Waals surface area contributed by atoms with Crippen molar-refractivity contribution < 1.29 is 9.63 Å². The SMILES string of the molecule is NOCC1CCCN1C(=O)c1ccccc1Cl. The average Bonchev–Trinajstić information content (AvgIpc) is 2.78. The summed E-state index contributed by atoms with van der Waals surface area (Å²) in [6, 6.07) is 7.14. The summed E-state index contributed by atoms with van der Waals surface area (Å²) in [5.41, 5.74) is 0.540. The van der Waals surface area contributed by atoms with Crippen molar-refractivity contribution in [2.45, 2.75) is 18.9 Å². The van der Waals surface area contributed by atoms with Crippen LogP contribution in [0.4, 0.5) is 0 Å². The Morgan fingerprint density at radius 2 is 2.29 bits per heavy atom. The molecule has 2 N–H and O–H groups in total. The number of amides is 1. The molecular weight excluding hydrogens is 240 g/mol. The zero-order valence-corrected chi connectivity index (χ0v) is 10.2. The summed E-state index contributed by atoms with van der Waals surface area (Å²) in [4.78, 5) is 18.7. The second-order valence-corrected chi connectivity index (χ2v) is 4.51. The summed E-state index contributed by atoms with van der Waals surface area (Å²) >= 11 is 6.02. The van der Waals surface area contributed by atoms with Crippen molar-refractivity contribution in [3.8, 4) is 0 Å². The molecular formula is C12H15ClN2O2. The first-order chi connectivity index (χ1) is 8.24. The largest absolute Gasteiger partial charge is 0.333 e. The lowest BCUT2D eigenvalue weighted by molar-refractivity contribution is 0.0540. The molecule has 1 aromatic rings. The highest BCUT2D eigenvalue weighted by Crippen LogP contribution is 2.23. The average molecular weight is 255 g/mol. The van der Waals surface area contributed by atoms with Crippen molar-refractivity contribution in [1.82, 2.24) is 4.90 Å². The molecule has 92 valence electrons. The quantitative estimate of drug-likeness (QED) is 0.838. The van der Waals surface area contributed by atoms with Gasteiger partial charge in [-0.3, -0.25) is 4.79 Å². The van der Waals surface area contributed by atoms with E-state index in [-0.39, 0.29) is 11.9 Å². The van der Waals surface area contributed by atoms with E-state index in [1.807, 2.05) is 12.1 Å². The first kappa shape index (κ1) is 12.4. The van der Waals surface area contributed by atoms with Gasteiger partial charge in [-0.15, -0.1) is 0 Å². The van der Waals surface area contributed by atoms with Crippen LogP contribution in [0.1, 0.15) is 23.2 Å². The second kappa shape index (κ2) is 5.49. The van der Waals surface area contributed by atoms with E-state index in [9.17, 15) is 4.79 Å². The van der Waals surface area contributed by atoms with Crippen molar-refractivity contribution in [2.24, 2.45) is 5.90 Å². The highest BCUT2D eigenvalue weighted by molar-refractivity contribution is 6.33. The molecule has 17 heavy (non-hydrogen) atoms. The number of benzene rings is 1. The lowest BCUT2D eigenvalue weighted by atomic mass is 10.1. The molecule has 1 aromatic carbocycles. The molecule has 0 bridgehead atoms. The minimum Gasteiger partial charge on any atom is -0.333 e. The summed E-state index contributed by atoms with van der Waals surface area (Å²) in [7, 11) is 0. The number of carbonyl (C=O) groups excluding carboxylic acids is 1. The Bertz CT molecular complexity index is 411. The zero-order chi connectivity index (χ0) is 12.3. The molecule has 1 saturated heterocycles. The maximum atomic E-state index is 12.3. The Balaban J connectivity index is 2.17. The summed E-state index contributed by atoms with van der Waals surface area (Å²) in [5, 5.41) is 0.483. The third-order valence-electron chi connectivity index (χ3n) is 3.03. The molecule has 4 nitrogen and oxygen atoms in total. The van der Waals surface area contributed by atoms with Crippen LogP contribution in [0.15, 0.2) is 24.3 Å². The fraction of sp³-hybridized carbons (Fsp3) is 0.417. The van der Waals surface area contributed by atoms with Crippen LogP contribution in [0.25, 0.3) is 0 Å². The Labute approximate surface area is 105 Å². The van der Waals surface area contributed by atoms with Gasteiger partial charge < -0.3 is 9.74 Å². The third kappa shape index (κ3) is 2.60. The van der Waals surface area contributed by atoms with Gasteiger partial charge in [0.2, 0.25) is 0 Å². The lowest BCUT2D eigenvalue weighted by Crippen LogP contribution is -2.39. The van der Waals surface area contributed by atoms with Gasteiger partial charge in [-0.25, -0.2) is 5.90 Å². The number of hydrogen-bond acceptors (Lipinski definition) is 3. The van der Waals surface area contributed by atoms with E-state index in [0.29, 0.717) is 17.2 Å². The molecule has 0 radical (unpaired) electrons. The van der Waals surface area contributed by atoms with Gasteiger partial charge in [-0.1, -0.05) is 23.7 Å². The topological polar surface area (TPSA) is 55.6 Å². The van der Waals surface area contributed by atoms with Crippen molar-refractivity contribution in [2.75, 3.05) is 13.2 Å². The molecule has 1 atom stereocenters. The summed E-state index contributed by atoms with van der Waals surface area (Å²) in [6.45, 7) is 1.11. The van der Waals surface area contributed by atoms with E-state index < -0.39 is 0 Å². The van der Waals surface area contributed by atoms with Gasteiger partial charge in [0.25, 0.3) is 5.91 Å². The van der Waals surface area contributed by atoms with Crippen LogP contribution in [0.3, 0.4) is 0 Å². The molecule has 1 fully saturated rings. The van der Waals surface area contributed by atoms with Crippen LogP contribution < -0.4 is 5.90 Å². The van der Waals surface area contributed by atoms with Gasteiger partial charge >= 0.3 is 0 Å². The molecule has 0 aromatic heterocycles. The molecule has 0 spiro atoms. The van der Waals surface area contributed by atoms with Crippen LogP contribution in [-0.2, 0) is 4.84 Å². The monoisotopic (exact) mass is 254 g/mol. The smallest absolute Gasteiger partial charge is 0.255 e. The highest BCUT2D eigenvalue weighted by atomic mass is 35.5. The van der Waals surface area contributed by atoms with Crippen LogP contribution in [-0.4, -0.2) is 30.0 Å². The molecule has 1 heterocycles. The predicted octanol–water partition coefficient (Wildman–Crippen LogP) is 1.83. The van der Waals surface area contributed by atoms with E-state index in [2.05, 4.69) is 4.84 Å². The molecule has 1 aliphatic rings. The fourth-order valence-electron chi connectivity index (χ4n) is 2.18. The van der Waals surface area contributed by atoms with Gasteiger partial charge in [0.1, 0.15) is 0 Å². The van der Waals surface area contributed by atoms with Gasteiger partial charge in [0.05, 0.1) is 23.2 Å². The van der Waals surface area contributed by atoms with Crippen molar-refractivity contribution in [3.63, 3.8) is 0 Å². The molecule has 0 aliphatic carbocycles. The molecule has 1 aliphatic heterocycles. The second-order valence-electron chi connectivity index (χ2n) is 4.11. The number of rotatable bonds is 3. The standard InChI is InChI=1S/C12H15ClN2O2/c13-11-6-2-1-5-10(11)12(16)15-7-3-4-9(15)8-17-14/h1-2,5-6,9H,3-4,7-8,14H2. The summed E-state index contributed by atoms with van der Waals surface area (Å²) in [5.74, 6) is 5.03. The van der Waals surface area contributed by atoms with Crippen LogP contribution in [0.2, 0.25) is 5.02 Å². The van der Waals surface area contributed by atoms with Crippen LogP contribution in [0.5, 0.6) is 0 Å². The number of halogens is 1. The van der Waals surface area contributed by atoms with E-state index in [4.69, 9.17) is 17.5 Å². The van der Waals surface area contributed by atoms with E-state index in [1.54, 1.807) is 17.0 Å². The van der Waals surface area contributed by atoms with Crippen LogP contribution in [0, 0.1) is 0 Å². The molecule has 2 rings (SSSR count). The number of nitrogens with two attached hydrogens (primary N) is 1. The molecule has 1 amide bonds. The summed E-state index contributed by atoms with van der Waals surface area (Å²) < 4.78 is 0. The van der Waals surface area contributed by atoms with Gasteiger partial charge in [-0.2, -0.15) is 0 Å². The number of likely N-dealkylation sites (tertiary alicyclic amines) is 1. The first-order valence-corrected chi connectivity index (χ1v) is 5.99. The number of carbonyl (C=O) groups is 1. The van der Waals surface area contributed by atoms with Crippen LogP contribution >= 0.6 is 11.6 Å². The first-order valence-electron chi connectivity index (χ1n) is 5.61. The Hall–Kier alpha value is -1.10. The third-order valence-corrected chi connectivity index (χ3v) is 3.36. The number of hydrogen-bond donors (Lipinski definition) is 1. The maximum Gasteiger partial charge on any atom is 0.255 e. The Morgan fingerprint density at radius 1 is 1.53 bits per heavy atom. The zero-order valence-electron chi connectivity index (χ0n) is 9.43. The van der Waals surface area contributed by atoms with Crippen molar-refractivity contribution >= 4 is 17.5 Å².